The van der Waals surface area contributed by atoms with Gasteiger partial charge in [-0.3, -0.25) is 4.79 Å². The fraction of sp³-hybridized carbons (Fsp3) is 0.909. The van der Waals surface area contributed by atoms with Gasteiger partial charge in [0, 0.05) is 42.1 Å². The van der Waals surface area contributed by atoms with Crippen LogP contribution in [0.5, 0.6) is 0 Å². The summed E-state index contributed by atoms with van der Waals surface area (Å²) in [4.78, 5) is 14.3. The van der Waals surface area contributed by atoms with Gasteiger partial charge in [-0.25, -0.2) is 0 Å². The lowest BCUT2D eigenvalue weighted by Crippen LogP contribution is -2.53. The van der Waals surface area contributed by atoms with Crippen molar-refractivity contribution in [3.63, 3.8) is 0 Å². The molecular formula is C11H20N2OS2. The third-order valence-electron chi connectivity index (χ3n) is 3.13. The minimum Gasteiger partial charge on any atom is -0.339 e. The second kappa shape index (κ2) is 6.17. The van der Waals surface area contributed by atoms with E-state index in [4.69, 9.17) is 0 Å². The van der Waals surface area contributed by atoms with Crippen LogP contribution in [0.25, 0.3) is 0 Å². The molecule has 2 aliphatic rings. The Morgan fingerprint density at radius 3 is 3.06 bits per heavy atom. The molecule has 0 bridgehead atoms. The topological polar surface area (TPSA) is 32.3 Å². The highest BCUT2D eigenvalue weighted by Gasteiger charge is 2.29. The van der Waals surface area contributed by atoms with Gasteiger partial charge in [-0.1, -0.05) is 6.92 Å². The van der Waals surface area contributed by atoms with E-state index in [-0.39, 0.29) is 6.04 Å². The highest BCUT2D eigenvalue weighted by molar-refractivity contribution is 8.00. The van der Waals surface area contributed by atoms with Crippen molar-refractivity contribution >= 4 is 29.4 Å². The summed E-state index contributed by atoms with van der Waals surface area (Å²) in [5.41, 5.74) is 0. The molecule has 0 radical (unpaired) electrons. The van der Waals surface area contributed by atoms with Gasteiger partial charge in [0.05, 0.1) is 6.04 Å². The summed E-state index contributed by atoms with van der Waals surface area (Å²) in [6, 6.07) is 0.0688. The van der Waals surface area contributed by atoms with Gasteiger partial charge in [-0.2, -0.15) is 23.5 Å². The van der Waals surface area contributed by atoms with Gasteiger partial charge >= 0.3 is 0 Å². The Hall–Kier alpha value is 0.130. The smallest absolute Gasteiger partial charge is 0.240 e. The van der Waals surface area contributed by atoms with Gasteiger partial charge in [0.1, 0.15) is 0 Å². The Bertz CT molecular complexity index is 244. The first-order valence-corrected chi connectivity index (χ1v) is 8.23. The highest BCUT2D eigenvalue weighted by atomic mass is 32.2. The summed E-state index contributed by atoms with van der Waals surface area (Å²) in [6.45, 7) is 5.06. The third kappa shape index (κ3) is 3.08. The molecule has 1 amide bonds. The molecule has 3 nitrogen and oxygen atoms in total. The molecule has 2 aliphatic heterocycles. The second-order valence-electron chi connectivity index (χ2n) is 4.27. The zero-order valence-corrected chi connectivity index (χ0v) is 11.4. The quantitative estimate of drug-likeness (QED) is 0.804. The summed E-state index contributed by atoms with van der Waals surface area (Å²) < 4.78 is 0. The number of rotatable bonds is 2. The summed E-state index contributed by atoms with van der Waals surface area (Å²) in [5, 5.41) is 3.98. The number of thioether (sulfide) groups is 2. The lowest BCUT2D eigenvalue weighted by atomic mass is 10.2. The molecule has 2 fully saturated rings. The van der Waals surface area contributed by atoms with Crippen LogP contribution in [-0.2, 0) is 4.79 Å². The molecule has 0 aliphatic carbocycles. The van der Waals surface area contributed by atoms with E-state index < -0.39 is 0 Å². The molecule has 0 saturated carbocycles. The maximum absolute atomic E-state index is 12.3. The number of nitrogens with zero attached hydrogens (tertiary/aromatic N) is 1. The zero-order valence-electron chi connectivity index (χ0n) is 9.78. The zero-order chi connectivity index (χ0) is 11.4. The van der Waals surface area contributed by atoms with E-state index in [1.165, 1.54) is 6.42 Å². The standard InChI is InChI=1S/C11H20N2OS2/c1-2-9-7-13(4-6-16-9)11(14)10-8-15-5-3-12-10/h9-10,12H,2-8H2,1H3. The van der Waals surface area contributed by atoms with Crippen molar-refractivity contribution in [2.24, 2.45) is 0 Å². The summed E-state index contributed by atoms with van der Waals surface area (Å²) in [7, 11) is 0. The van der Waals surface area contributed by atoms with Gasteiger partial charge < -0.3 is 10.2 Å². The number of carbonyl (C=O) groups excluding carboxylic acids is 1. The number of hydrogen-bond acceptors (Lipinski definition) is 4. The lowest BCUT2D eigenvalue weighted by molar-refractivity contribution is -0.132. The van der Waals surface area contributed by atoms with Crippen LogP contribution in [0.2, 0.25) is 0 Å². The van der Waals surface area contributed by atoms with Crippen LogP contribution in [0.4, 0.5) is 0 Å². The number of nitrogens with one attached hydrogen (secondary N) is 1. The Labute approximate surface area is 106 Å². The predicted octanol–water partition coefficient (Wildman–Crippen LogP) is 1.05. The molecule has 0 aromatic rings. The summed E-state index contributed by atoms with van der Waals surface area (Å²) in [6.07, 6.45) is 1.17. The molecule has 0 spiro atoms. The average Bonchev–Trinajstić information content (AvgIpc) is 2.39. The van der Waals surface area contributed by atoms with E-state index in [1.54, 1.807) is 0 Å². The minimum atomic E-state index is 0.0688. The molecule has 5 heteroatoms. The molecule has 2 heterocycles. The maximum atomic E-state index is 12.3. The van der Waals surface area contributed by atoms with Crippen LogP contribution in [0.15, 0.2) is 0 Å². The third-order valence-corrected chi connectivity index (χ3v) is 5.56. The van der Waals surface area contributed by atoms with Gasteiger partial charge in [0.25, 0.3) is 0 Å². The van der Waals surface area contributed by atoms with Crippen LogP contribution < -0.4 is 5.32 Å². The van der Waals surface area contributed by atoms with Gasteiger partial charge in [0.15, 0.2) is 0 Å². The summed E-state index contributed by atoms with van der Waals surface area (Å²) >= 11 is 3.90. The van der Waals surface area contributed by atoms with Gasteiger partial charge in [-0.15, -0.1) is 0 Å². The SMILES string of the molecule is CCC1CN(C(=O)C2CSCCN2)CCS1. The van der Waals surface area contributed by atoms with E-state index in [2.05, 4.69) is 17.1 Å². The first-order chi connectivity index (χ1) is 7.81. The lowest BCUT2D eigenvalue weighted by Gasteiger charge is -2.35. The Balaban J connectivity index is 1.87. The Morgan fingerprint density at radius 1 is 1.50 bits per heavy atom. The Morgan fingerprint density at radius 2 is 2.38 bits per heavy atom. The molecule has 1 N–H and O–H groups in total. The van der Waals surface area contributed by atoms with Crippen LogP contribution in [0.1, 0.15) is 13.3 Å². The second-order valence-corrected chi connectivity index (χ2v) is 6.83. The maximum Gasteiger partial charge on any atom is 0.240 e. The summed E-state index contributed by atoms with van der Waals surface area (Å²) in [5.74, 6) is 3.51. The fourth-order valence-corrected chi connectivity index (χ4v) is 4.22. The molecule has 0 aromatic heterocycles. The van der Waals surface area contributed by atoms with E-state index in [1.807, 2.05) is 23.5 Å². The highest BCUT2D eigenvalue weighted by Crippen LogP contribution is 2.22. The average molecular weight is 260 g/mol. The van der Waals surface area contributed by atoms with Crippen LogP contribution in [0, 0.1) is 0 Å². The van der Waals surface area contributed by atoms with Crippen molar-refractivity contribution < 1.29 is 4.79 Å². The van der Waals surface area contributed by atoms with E-state index in [0.717, 1.165) is 36.9 Å². The molecule has 92 valence electrons. The van der Waals surface area contributed by atoms with Crippen LogP contribution in [-0.4, -0.2) is 59.0 Å². The Kier molecular flexibility index (Phi) is 4.85. The molecular weight excluding hydrogens is 240 g/mol. The minimum absolute atomic E-state index is 0.0688. The number of carbonyl (C=O) groups is 1. The normalized spacial score (nSPS) is 31.4. The van der Waals surface area contributed by atoms with Gasteiger partial charge in [0.2, 0.25) is 5.91 Å². The van der Waals surface area contributed by atoms with Gasteiger partial charge in [-0.05, 0) is 6.42 Å². The molecule has 2 unspecified atom stereocenters. The van der Waals surface area contributed by atoms with Crippen molar-refractivity contribution in [2.45, 2.75) is 24.6 Å². The van der Waals surface area contributed by atoms with Crippen molar-refractivity contribution in [1.82, 2.24) is 10.2 Å². The van der Waals surface area contributed by atoms with E-state index in [9.17, 15) is 4.79 Å². The van der Waals surface area contributed by atoms with Crippen molar-refractivity contribution in [2.75, 3.05) is 36.9 Å². The largest absolute Gasteiger partial charge is 0.339 e. The van der Waals surface area contributed by atoms with E-state index >= 15 is 0 Å². The van der Waals surface area contributed by atoms with Crippen molar-refractivity contribution in [1.29, 1.82) is 0 Å². The first kappa shape index (κ1) is 12.6. The molecule has 2 atom stereocenters. The monoisotopic (exact) mass is 260 g/mol. The molecule has 16 heavy (non-hydrogen) atoms. The van der Waals surface area contributed by atoms with Crippen molar-refractivity contribution in [3.05, 3.63) is 0 Å². The predicted molar refractivity (Wildman–Crippen MR) is 72.2 cm³/mol. The van der Waals surface area contributed by atoms with Crippen LogP contribution >= 0.6 is 23.5 Å². The van der Waals surface area contributed by atoms with Crippen LogP contribution in [0.3, 0.4) is 0 Å². The molecule has 2 saturated heterocycles. The number of hydrogen-bond donors (Lipinski definition) is 1. The number of amides is 1. The van der Waals surface area contributed by atoms with E-state index in [0.29, 0.717) is 11.2 Å². The molecule has 0 aromatic carbocycles. The fourth-order valence-electron chi connectivity index (χ4n) is 2.11. The van der Waals surface area contributed by atoms with Crippen molar-refractivity contribution in [3.8, 4) is 0 Å². The molecule has 2 rings (SSSR count). The first-order valence-electron chi connectivity index (χ1n) is 6.02.